The van der Waals surface area contributed by atoms with Gasteiger partial charge in [-0.25, -0.2) is 4.68 Å². The van der Waals surface area contributed by atoms with Crippen LogP contribution in [0.25, 0.3) is 0 Å². The number of aromatic nitrogens is 5. The Balaban J connectivity index is 1.66. The molecular formula is C14H15N5OS2. The number of aryl methyl sites for hydroxylation is 2. The first kappa shape index (κ1) is 15.0. The standard InChI is InChI=1S/C14H15N5OS2/c1-9-6-12(10(2)15-9)13(20)8-22-14-16-17-18-19(14)7-11-4-3-5-21-11/h3-6,15H,7-8H2,1-2H3. The lowest BCUT2D eigenvalue weighted by atomic mass is 10.2. The molecule has 0 radical (unpaired) electrons. The molecule has 0 unspecified atom stereocenters. The SMILES string of the molecule is Cc1cc(C(=O)CSc2nnnn2Cc2cccs2)c(C)[nH]1. The highest BCUT2D eigenvalue weighted by atomic mass is 32.2. The van der Waals surface area contributed by atoms with Gasteiger partial charge in [-0.2, -0.15) is 0 Å². The Morgan fingerprint density at radius 1 is 1.45 bits per heavy atom. The molecule has 0 aliphatic rings. The van der Waals surface area contributed by atoms with Crippen molar-refractivity contribution in [2.24, 2.45) is 0 Å². The number of Topliss-reactive ketones (excluding diaryl/α,β-unsaturated/α-hetero) is 1. The molecule has 3 rings (SSSR count). The van der Waals surface area contributed by atoms with E-state index in [1.807, 2.05) is 37.4 Å². The van der Waals surface area contributed by atoms with Crippen LogP contribution in [0.2, 0.25) is 0 Å². The molecule has 0 fully saturated rings. The molecule has 0 amide bonds. The van der Waals surface area contributed by atoms with Crippen molar-refractivity contribution < 1.29 is 4.79 Å². The number of H-pyrrole nitrogens is 1. The monoisotopic (exact) mass is 333 g/mol. The van der Waals surface area contributed by atoms with E-state index in [0.29, 0.717) is 17.5 Å². The van der Waals surface area contributed by atoms with Crippen LogP contribution < -0.4 is 0 Å². The predicted octanol–water partition coefficient (Wildman–Crippen LogP) is 2.70. The van der Waals surface area contributed by atoms with Crippen LogP contribution in [0.1, 0.15) is 26.6 Å². The zero-order valence-corrected chi connectivity index (χ0v) is 13.9. The zero-order valence-electron chi connectivity index (χ0n) is 12.2. The minimum atomic E-state index is 0.0810. The third-order valence-electron chi connectivity index (χ3n) is 3.17. The van der Waals surface area contributed by atoms with E-state index in [9.17, 15) is 4.79 Å². The van der Waals surface area contributed by atoms with Crippen LogP contribution in [-0.2, 0) is 6.54 Å². The normalized spacial score (nSPS) is 11.0. The number of carbonyl (C=O) groups is 1. The van der Waals surface area contributed by atoms with Gasteiger partial charge in [-0.15, -0.1) is 16.4 Å². The predicted molar refractivity (Wildman–Crippen MR) is 86.6 cm³/mol. The summed E-state index contributed by atoms with van der Waals surface area (Å²) < 4.78 is 1.72. The molecule has 3 aromatic rings. The van der Waals surface area contributed by atoms with Gasteiger partial charge in [0.05, 0.1) is 12.3 Å². The maximum Gasteiger partial charge on any atom is 0.210 e. The van der Waals surface area contributed by atoms with Gasteiger partial charge in [-0.3, -0.25) is 4.79 Å². The maximum atomic E-state index is 12.3. The van der Waals surface area contributed by atoms with Crippen LogP contribution in [0.3, 0.4) is 0 Å². The summed E-state index contributed by atoms with van der Waals surface area (Å²) in [6, 6.07) is 5.92. The van der Waals surface area contributed by atoms with Crippen LogP contribution >= 0.6 is 23.1 Å². The van der Waals surface area contributed by atoms with Gasteiger partial charge < -0.3 is 4.98 Å². The second kappa shape index (κ2) is 6.45. The fourth-order valence-corrected chi connectivity index (χ4v) is 3.62. The number of hydrogen-bond donors (Lipinski definition) is 1. The molecule has 3 heterocycles. The molecule has 0 bridgehead atoms. The fraction of sp³-hybridized carbons (Fsp3) is 0.286. The number of tetrazole rings is 1. The molecule has 8 heteroatoms. The lowest BCUT2D eigenvalue weighted by Crippen LogP contribution is -2.06. The van der Waals surface area contributed by atoms with E-state index in [-0.39, 0.29) is 5.78 Å². The van der Waals surface area contributed by atoms with Crippen molar-refractivity contribution in [3.63, 3.8) is 0 Å². The number of carbonyl (C=O) groups excluding carboxylic acids is 1. The highest BCUT2D eigenvalue weighted by Crippen LogP contribution is 2.19. The minimum absolute atomic E-state index is 0.0810. The third kappa shape index (κ3) is 3.28. The lowest BCUT2D eigenvalue weighted by molar-refractivity contribution is 0.102. The van der Waals surface area contributed by atoms with Crippen LogP contribution in [0.4, 0.5) is 0 Å². The van der Waals surface area contributed by atoms with Crippen molar-refractivity contribution >= 4 is 28.9 Å². The van der Waals surface area contributed by atoms with Crippen molar-refractivity contribution in [3.8, 4) is 0 Å². The summed E-state index contributed by atoms with van der Waals surface area (Å²) in [5.74, 6) is 0.403. The van der Waals surface area contributed by atoms with Crippen LogP contribution in [0.15, 0.2) is 28.7 Å². The van der Waals surface area contributed by atoms with Gasteiger partial charge in [-0.1, -0.05) is 17.8 Å². The average Bonchev–Trinajstić information content (AvgIpc) is 3.19. The molecule has 0 atom stereocenters. The molecule has 6 nitrogen and oxygen atoms in total. The molecule has 0 aromatic carbocycles. The van der Waals surface area contributed by atoms with Crippen LogP contribution in [0, 0.1) is 13.8 Å². The van der Waals surface area contributed by atoms with E-state index < -0.39 is 0 Å². The van der Waals surface area contributed by atoms with Gasteiger partial charge in [0.2, 0.25) is 5.16 Å². The number of ketones is 1. The van der Waals surface area contributed by atoms with Gasteiger partial charge in [-0.05, 0) is 41.8 Å². The van der Waals surface area contributed by atoms with Gasteiger partial charge in [0.25, 0.3) is 0 Å². The van der Waals surface area contributed by atoms with Gasteiger partial charge in [0.1, 0.15) is 0 Å². The molecule has 0 aliphatic carbocycles. The highest BCUT2D eigenvalue weighted by Gasteiger charge is 2.15. The minimum Gasteiger partial charge on any atom is -0.362 e. The summed E-state index contributed by atoms with van der Waals surface area (Å²) in [4.78, 5) is 16.6. The van der Waals surface area contributed by atoms with Crippen LogP contribution in [0.5, 0.6) is 0 Å². The Morgan fingerprint density at radius 3 is 3.00 bits per heavy atom. The number of nitrogens with one attached hydrogen (secondary N) is 1. The van der Waals surface area contributed by atoms with Crippen molar-refractivity contribution in [1.82, 2.24) is 25.2 Å². The number of hydrogen-bond acceptors (Lipinski definition) is 6. The summed E-state index contributed by atoms with van der Waals surface area (Å²) in [5.41, 5.74) is 2.64. The molecule has 0 spiro atoms. The first-order valence-electron chi connectivity index (χ1n) is 6.74. The average molecular weight is 333 g/mol. The summed E-state index contributed by atoms with van der Waals surface area (Å²) >= 11 is 3.02. The van der Waals surface area contributed by atoms with E-state index in [1.165, 1.54) is 16.6 Å². The van der Waals surface area contributed by atoms with E-state index in [4.69, 9.17) is 0 Å². The molecule has 114 valence electrons. The van der Waals surface area contributed by atoms with Crippen molar-refractivity contribution in [2.45, 2.75) is 25.5 Å². The van der Waals surface area contributed by atoms with E-state index in [2.05, 4.69) is 20.5 Å². The number of rotatable bonds is 6. The Hall–Kier alpha value is -1.93. The Morgan fingerprint density at radius 2 is 2.32 bits per heavy atom. The maximum absolute atomic E-state index is 12.3. The second-order valence-electron chi connectivity index (χ2n) is 4.90. The Kier molecular flexibility index (Phi) is 4.39. The molecular weight excluding hydrogens is 318 g/mol. The third-order valence-corrected chi connectivity index (χ3v) is 4.99. The van der Waals surface area contributed by atoms with E-state index >= 15 is 0 Å². The van der Waals surface area contributed by atoms with Crippen molar-refractivity contribution in [1.29, 1.82) is 0 Å². The van der Waals surface area contributed by atoms with E-state index in [0.717, 1.165) is 17.0 Å². The largest absolute Gasteiger partial charge is 0.362 e. The second-order valence-corrected chi connectivity index (χ2v) is 6.88. The molecule has 0 saturated carbocycles. The van der Waals surface area contributed by atoms with Crippen LogP contribution in [-0.4, -0.2) is 36.7 Å². The summed E-state index contributed by atoms with van der Waals surface area (Å²) in [6.45, 7) is 4.48. The lowest BCUT2D eigenvalue weighted by Gasteiger charge is -2.02. The highest BCUT2D eigenvalue weighted by molar-refractivity contribution is 7.99. The Labute approximate surface area is 135 Å². The molecule has 22 heavy (non-hydrogen) atoms. The van der Waals surface area contributed by atoms with Gasteiger partial charge >= 0.3 is 0 Å². The smallest absolute Gasteiger partial charge is 0.210 e. The zero-order chi connectivity index (χ0) is 15.5. The Bertz CT molecular complexity index is 775. The van der Waals surface area contributed by atoms with Gasteiger partial charge in [0, 0.05) is 21.8 Å². The molecule has 0 saturated heterocycles. The summed E-state index contributed by atoms with van der Waals surface area (Å²) in [7, 11) is 0. The first-order chi connectivity index (χ1) is 10.6. The van der Waals surface area contributed by atoms with Crippen molar-refractivity contribution in [3.05, 3.63) is 45.4 Å². The molecule has 1 N–H and O–H groups in total. The number of thioether (sulfide) groups is 1. The quantitative estimate of drug-likeness (QED) is 0.554. The van der Waals surface area contributed by atoms with Crippen molar-refractivity contribution in [2.75, 3.05) is 5.75 Å². The van der Waals surface area contributed by atoms with E-state index in [1.54, 1.807) is 16.0 Å². The summed E-state index contributed by atoms with van der Waals surface area (Å²) in [5, 5.41) is 14.4. The summed E-state index contributed by atoms with van der Waals surface area (Å²) in [6.07, 6.45) is 0. The number of nitrogens with zero attached hydrogens (tertiary/aromatic N) is 4. The molecule has 3 aromatic heterocycles. The van der Waals surface area contributed by atoms with Gasteiger partial charge in [0.15, 0.2) is 5.78 Å². The molecule has 0 aliphatic heterocycles. The fourth-order valence-electron chi connectivity index (χ4n) is 2.17. The number of thiophene rings is 1. The first-order valence-corrected chi connectivity index (χ1v) is 8.61. The topological polar surface area (TPSA) is 76.5 Å². The number of aromatic amines is 1.